The largest absolute Gasteiger partial charge is 0.436 e. The highest BCUT2D eigenvalue weighted by Crippen LogP contribution is 2.26. The molecule has 0 aliphatic rings. The molecule has 0 aliphatic heterocycles. The second kappa shape index (κ2) is 3.84. The van der Waals surface area contributed by atoms with E-state index in [0.29, 0.717) is 17.0 Å². The Labute approximate surface area is 103 Å². The van der Waals surface area contributed by atoms with Gasteiger partial charge in [0.05, 0.1) is 5.69 Å². The maximum Gasteiger partial charge on any atom is 0.227 e. The van der Waals surface area contributed by atoms with E-state index in [-0.39, 0.29) is 5.69 Å². The average Bonchev–Trinajstić information content (AvgIpc) is 2.75. The number of anilines is 1. The van der Waals surface area contributed by atoms with Gasteiger partial charge >= 0.3 is 0 Å². The van der Waals surface area contributed by atoms with E-state index in [4.69, 9.17) is 10.2 Å². The van der Waals surface area contributed by atoms with E-state index in [9.17, 15) is 4.39 Å². The van der Waals surface area contributed by atoms with Gasteiger partial charge in [-0.05, 0) is 42.8 Å². The van der Waals surface area contributed by atoms with E-state index in [1.807, 2.05) is 25.1 Å². The van der Waals surface area contributed by atoms with Crippen LogP contribution >= 0.6 is 0 Å². The zero-order valence-electron chi connectivity index (χ0n) is 9.77. The predicted molar refractivity (Wildman–Crippen MR) is 68.6 cm³/mol. The van der Waals surface area contributed by atoms with Gasteiger partial charge in [0.2, 0.25) is 5.89 Å². The number of nitrogen functional groups attached to an aromatic ring is 1. The van der Waals surface area contributed by atoms with E-state index in [1.54, 1.807) is 6.07 Å². The number of fused-ring (bicyclic) bond motifs is 1. The van der Waals surface area contributed by atoms with E-state index in [1.165, 1.54) is 12.1 Å². The monoisotopic (exact) mass is 242 g/mol. The zero-order valence-corrected chi connectivity index (χ0v) is 9.77. The molecule has 3 nitrogen and oxygen atoms in total. The van der Waals surface area contributed by atoms with Gasteiger partial charge < -0.3 is 10.2 Å². The molecular formula is C14H11FN2O. The Morgan fingerprint density at radius 3 is 2.78 bits per heavy atom. The number of rotatable bonds is 1. The molecule has 2 aromatic carbocycles. The lowest BCUT2D eigenvalue weighted by atomic mass is 10.2. The van der Waals surface area contributed by atoms with Gasteiger partial charge in [-0.1, -0.05) is 6.07 Å². The van der Waals surface area contributed by atoms with Crippen molar-refractivity contribution >= 4 is 16.8 Å². The van der Waals surface area contributed by atoms with Crippen LogP contribution in [0, 0.1) is 12.7 Å². The number of nitrogens with two attached hydrogens (primary N) is 1. The number of nitrogens with zero attached hydrogens (tertiary/aromatic N) is 1. The van der Waals surface area contributed by atoms with Crippen LogP contribution < -0.4 is 5.73 Å². The van der Waals surface area contributed by atoms with Crippen LogP contribution in [-0.4, -0.2) is 4.98 Å². The van der Waals surface area contributed by atoms with Crippen LogP contribution in [-0.2, 0) is 0 Å². The molecule has 0 atom stereocenters. The Balaban J connectivity index is 2.16. The Bertz CT molecular complexity index is 734. The van der Waals surface area contributed by atoms with E-state index < -0.39 is 5.82 Å². The number of oxazole rings is 1. The fourth-order valence-electron chi connectivity index (χ4n) is 1.83. The van der Waals surface area contributed by atoms with Crippen LogP contribution in [0.5, 0.6) is 0 Å². The van der Waals surface area contributed by atoms with Crippen LogP contribution in [0.4, 0.5) is 10.1 Å². The molecule has 0 radical (unpaired) electrons. The Kier molecular flexibility index (Phi) is 2.30. The lowest BCUT2D eigenvalue weighted by Crippen LogP contribution is -1.90. The van der Waals surface area contributed by atoms with Gasteiger partial charge in [0.15, 0.2) is 5.58 Å². The molecule has 0 unspecified atom stereocenters. The number of aryl methyl sites for hydroxylation is 1. The highest BCUT2D eigenvalue weighted by atomic mass is 19.1. The van der Waals surface area contributed by atoms with E-state index in [0.717, 1.165) is 11.1 Å². The van der Waals surface area contributed by atoms with Crippen LogP contribution in [0.3, 0.4) is 0 Å². The normalized spacial score (nSPS) is 11.0. The van der Waals surface area contributed by atoms with Crippen molar-refractivity contribution in [3.05, 3.63) is 47.8 Å². The Morgan fingerprint density at radius 2 is 2.00 bits per heavy atom. The Morgan fingerprint density at radius 1 is 1.17 bits per heavy atom. The predicted octanol–water partition coefficient (Wildman–Crippen LogP) is 3.52. The summed E-state index contributed by atoms with van der Waals surface area (Å²) < 4.78 is 18.7. The quantitative estimate of drug-likeness (QED) is 0.664. The van der Waals surface area contributed by atoms with Crippen molar-refractivity contribution in [3.63, 3.8) is 0 Å². The topological polar surface area (TPSA) is 52.0 Å². The van der Waals surface area contributed by atoms with Crippen LogP contribution in [0.2, 0.25) is 0 Å². The first kappa shape index (κ1) is 10.8. The summed E-state index contributed by atoms with van der Waals surface area (Å²) in [5.41, 5.74) is 8.88. The summed E-state index contributed by atoms with van der Waals surface area (Å²) in [6, 6.07) is 10.2. The van der Waals surface area contributed by atoms with Gasteiger partial charge in [0.25, 0.3) is 0 Å². The molecule has 3 aromatic rings. The number of hydrogen-bond donors (Lipinski definition) is 1. The molecule has 4 heteroatoms. The molecule has 0 fully saturated rings. The first-order valence-corrected chi connectivity index (χ1v) is 5.56. The van der Waals surface area contributed by atoms with Gasteiger partial charge in [-0.3, -0.25) is 0 Å². The minimum Gasteiger partial charge on any atom is -0.436 e. The molecule has 18 heavy (non-hydrogen) atoms. The first-order valence-electron chi connectivity index (χ1n) is 5.56. The third-order valence-corrected chi connectivity index (χ3v) is 2.79. The summed E-state index contributed by atoms with van der Waals surface area (Å²) in [6.45, 7) is 1.98. The average molecular weight is 242 g/mol. The molecule has 1 heterocycles. The van der Waals surface area contributed by atoms with Gasteiger partial charge in [-0.2, -0.15) is 0 Å². The molecule has 3 rings (SSSR count). The number of hydrogen-bond acceptors (Lipinski definition) is 3. The smallest absolute Gasteiger partial charge is 0.227 e. The minimum atomic E-state index is -0.439. The van der Waals surface area contributed by atoms with Gasteiger partial charge in [-0.25, -0.2) is 9.37 Å². The Hall–Kier alpha value is -2.36. The highest BCUT2D eigenvalue weighted by Gasteiger charge is 2.09. The van der Waals surface area contributed by atoms with Gasteiger partial charge in [0.1, 0.15) is 11.3 Å². The molecule has 0 amide bonds. The lowest BCUT2D eigenvalue weighted by molar-refractivity contribution is 0.617. The molecule has 0 saturated heterocycles. The summed E-state index contributed by atoms with van der Waals surface area (Å²) in [5.74, 6) is 0.00741. The maximum atomic E-state index is 13.1. The third kappa shape index (κ3) is 1.72. The first-order chi connectivity index (χ1) is 8.63. The van der Waals surface area contributed by atoms with Crippen molar-refractivity contribution in [2.75, 3.05) is 5.73 Å². The molecule has 90 valence electrons. The van der Waals surface area contributed by atoms with E-state index in [2.05, 4.69) is 4.98 Å². The van der Waals surface area contributed by atoms with Crippen molar-refractivity contribution in [2.24, 2.45) is 0 Å². The maximum absolute atomic E-state index is 13.1. The SMILES string of the molecule is Cc1ccc2nc(-c3ccc(F)c(N)c3)oc2c1. The molecule has 0 bridgehead atoms. The highest BCUT2D eigenvalue weighted by molar-refractivity contribution is 5.77. The number of benzene rings is 2. The van der Waals surface area contributed by atoms with Crippen molar-refractivity contribution in [2.45, 2.75) is 6.92 Å². The van der Waals surface area contributed by atoms with Crippen molar-refractivity contribution < 1.29 is 8.81 Å². The number of aromatic nitrogens is 1. The molecule has 2 N–H and O–H groups in total. The summed E-state index contributed by atoms with van der Waals surface area (Å²) in [5, 5.41) is 0. The summed E-state index contributed by atoms with van der Waals surface area (Å²) >= 11 is 0. The molecule has 1 aromatic heterocycles. The van der Waals surface area contributed by atoms with Gasteiger partial charge in [-0.15, -0.1) is 0 Å². The lowest BCUT2D eigenvalue weighted by Gasteiger charge is -1.98. The van der Waals surface area contributed by atoms with Crippen LogP contribution in [0.25, 0.3) is 22.6 Å². The zero-order chi connectivity index (χ0) is 12.7. The summed E-state index contributed by atoms with van der Waals surface area (Å²) in [7, 11) is 0. The van der Waals surface area contributed by atoms with Crippen LogP contribution in [0.1, 0.15) is 5.56 Å². The van der Waals surface area contributed by atoms with Crippen molar-refractivity contribution in [1.29, 1.82) is 0 Å². The second-order valence-electron chi connectivity index (χ2n) is 4.23. The van der Waals surface area contributed by atoms with Crippen LogP contribution in [0.15, 0.2) is 40.8 Å². The molecular weight excluding hydrogens is 231 g/mol. The summed E-state index contributed by atoms with van der Waals surface area (Å²) in [6.07, 6.45) is 0. The van der Waals surface area contributed by atoms with E-state index >= 15 is 0 Å². The standard InChI is InChI=1S/C14H11FN2O/c1-8-2-5-12-13(6-8)18-14(17-12)9-3-4-10(15)11(16)7-9/h2-7H,16H2,1H3. The fraction of sp³-hybridized carbons (Fsp3) is 0.0714. The molecule has 0 aliphatic carbocycles. The number of halogens is 1. The van der Waals surface area contributed by atoms with Crippen molar-refractivity contribution in [3.8, 4) is 11.5 Å². The minimum absolute atomic E-state index is 0.0888. The van der Waals surface area contributed by atoms with Gasteiger partial charge in [0, 0.05) is 5.56 Å². The van der Waals surface area contributed by atoms with Crippen molar-refractivity contribution in [1.82, 2.24) is 4.98 Å². The summed E-state index contributed by atoms with van der Waals surface area (Å²) in [4.78, 5) is 4.35. The third-order valence-electron chi connectivity index (χ3n) is 2.79. The fourth-order valence-corrected chi connectivity index (χ4v) is 1.83. The second-order valence-corrected chi connectivity index (χ2v) is 4.23. The molecule has 0 saturated carbocycles. The molecule has 0 spiro atoms.